The molecule has 1 aromatic rings. The molecular weight excluding hydrogens is 208 g/mol. The molecule has 0 aromatic heterocycles. The molecule has 0 aliphatic rings. The minimum atomic E-state index is -0.296. The van der Waals surface area contributed by atoms with Crippen molar-refractivity contribution in [1.29, 1.82) is 0 Å². The molecular formula is C12H18O2S. The number of aryl methyl sites for hydroxylation is 1. The summed E-state index contributed by atoms with van der Waals surface area (Å²) in [6, 6.07) is 6.04. The summed E-state index contributed by atoms with van der Waals surface area (Å²) in [6.45, 7) is 2.05. The highest BCUT2D eigenvalue weighted by molar-refractivity contribution is 7.98. The highest BCUT2D eigenvalue weighted by Crippen LogP contribution is 2.21. The van der Waals surface area contributed by atoms with E-state index in [2.05, 4.69) is 6.07 Å². The molecule has 15 heavy (non-hydrogen) atoms. The fourth-order valence-corrected chi connectivity index (χ4v) is 2.07. The number of rotatable bonds is 5. The Morgan fingerprint density at radius 2 is 2.20 bits per heavy atom. The van der Waals surface area contributed by atoms with Gasteiger partial charge >= 0.3 is 0 Å². The van der Waals surface area contributed by atoms with E-state index < -0.39 is 0 Å². The minimum absolute atomic E-state index is 0.296. The third kappa shape index (κ3) is 3.76. The molecule has 84 valence electrons. The van der Waals surface area contributed by atoms with Crippen molar-refractivity contribution in [3.8, 4) is 5.75 Å². The maximum Gasteiger partial charge on any atom is 0.122 e. The maximum absolute atomic E-state index is 9.74. The Balaban J connectivity index is 2.77. The van der Waals surface area contributed by atoms with Gasteiger partial charge in [-0.1, -0.05) is 17.7 Å². The van der Waals surface area contributed by atoms with Crippen LogP contribution in [0.5, 0.6) is 5.75 Å². The summed E-state index contributed by atoms with van der Waals surface area (Å²) in [5.41, 5.74) is 2.28. The zero-order chi connectivity index (χ0) is 11.3. The first-order valence-corrected chi connectivity index (χ1v) is 6.37. The highest BCUT2D eigenvalue weighted by Gasteiger charge is 2.09. The molecule has 0 spiro atoms. The van der Waals surface area contributed by atoms with Crippen LogP contribution >= 0.6 is 11.8 Å². The summed E-state index contributed by atoms with van der Waals surface area (Å²) in [5.74, 6) is 1.62. The molecule has 0 heterocycles. The molecule has 0 radical (unpaired) electrons. The number of methoxy groups -OCH3 is 1. The summed E-state index contributed by atoms with van der Waals surface area (Å²) in [5, 5.41) is 9.74. The lowest BCUT2D eigenvalue weighted by Gasteiger charge is -2.13. The van der Waals surface area contributed by atoms with Crippen molar-refractivity contribution >= 4 is 11.8 Å². The van der Waals surface area contributed by atoms with Crippen LogP contribution in [0.25, 0.3) is 0 Å². The lowest BCUT2D eigenvalue weighted by atomic mass is 10.0. The van der Waals surface area contributed by atoms with Crippen LogP contribution in [0.4, 0.5) is 0 Å². The van der Waals surface area contributed by atoms with Gasteiger partial charge < -0.3 is 9.84 Å². The van der Waals surface area contributed by atoms with Crippen molar-refractivity contribution in [2.45, 2.75) is 19.4 Å². The molecule has 1 unspecified atom stereocenters. The second kappa shape index (κ2) is 6.03. The number of hydrogen-bond acceptors (Lipinski definition) is 3. The molecule has 2 nitrogen and oxygen atoms in total. The second-order valence-corrected chi connectivity index (χ2v) is 4.54. The van der Waals surface area contributed by atoms with Crippen molar-refractivity contribution in [2.24, 2.45) is 0 Å². The molecule has 0 saturated carbocycles. The van der Waals surface area contributed by atoms with Gasteiger partial charge in [-0.3, -0.25) is 0 Å². The van der Waals surface area contributed by atoms with Crippen LogP contribution < -0.4 is 4.74 Å². The first-order chi connectivity index (χ1) is 7.17. The number of ether oxygens (including phenoxy) is 1. The fraction of sp³-hybridized carbons (Fsp3) is 0.500. The molecule has 0 amide bonds. The second-order valence-electron chi connectivity index (χ2n) is 3.63. The van der Waals surface area contributed by atoms with E-state index in [-0.39, 0.29) is 6.10 Å². The van der Waals surface area contributed by atoms with E-state index in [1.54, 1.807) is 18.9 Å². The smallest absolute Gasteiger partial charge is 0.122 e. The predicted octanol–water partition coefficient (Wildman–Crippen LogP) is 2.27. The van der Waals surface area contributed by atoms with Gasteiger partial charge in [0.05, 0.1) is 13.2 Å². The third-order valence-electron chi connectivity index (χ3n) is 2.25. The van der Waals surface area contributed by atoms with Crippen molar-refractivity contribution < 1.29 is 9.84 Å². The number of aliphatic hydroxyl groups excluding tert-OH is 1. The van der Waals surface area contributed by atoms with E-state index in [1.165, 1.54) is 5.56 Å². The fourth-order valence-electron chi connectivity index (χ4n) is 1.57. The summed E-state index contributed by atoms with van der Waals surface area (Å²) in [7, 11) is 1.66. The predicted molar refractivity (Wildman–Crippen MR) is 65.8 cm³/mol. The molecule has 1 atom stereocenters. The van der Waals surface area contributed by atoms with Crippen molar-refractivity contribution in [2.75, 3.05) is 19.1 Å². The van der Waals surface area contributed by atoms with Gasteiger partial charge in [0.15, 0.2) is 0 Å². The molecule has 0 aliphatic heterocycles. The quantitative estimate of drug-likeness (QED) is 0.835. The first kappa shape index (κ1) is 12.4. The summed E-state index contributed by atoms with van der Waals surface area (Å²) in [4.78, 5) is 0. The normalized spacial score (nSPS) is 12.5. The number of hydrogen-bond donors (Lipinski definition) is 1. The topological polar surface area (TPSA) is 29.5 Å². The van der Waals surface area contributed by atoms with Gasteiger partial charge in [0, 0.05) is 12.2 Å². The van der Waals surface area contributed by atoms with Crippen molar-refractivity contribution in [1.82, 2.24) is 0 Å². The van der Waals surface area contributed by atoms with Crippen LogP contribution in [0.3, 0.4) is 0 Å². The Labute approximate surface area is 95.7 Å². The zero-order valence-corrected chi connectivity index (χ0v) is 10.3. The monoisotopic (exact) mass is 226 g/mol. The van der Waals surface area contributed by atoms with Gasteiger partial charge in [-0.2, -0.15) is 11.8 Å². The van der Waals surface area contributed by atoms with Crippen LogP contribution in [0.2, 0.25) is 0 Å². The average Bonchev–Trinajstić information content (AvgIpc) is 2.18. The Hall–Kier alpha value is -0.670. The summed E-state index contributed by atoms with van der Waals surface area (Å²) >= 11 is 1.66. The molecule has 0 saturated heterocycles. The first-order valence-electron chi connectivity index (χ1n) is 4.98. The zero-order valence-electron chi connectivity index (χ0n) is 9.49. The molecule has 1 aromatic carbocycles. The summed E-state index contributed by atoms with van der Waals surface area (Å²) < 4.78 is 5.26. The molecule has 1 N–H and O–H groups in total. The Kier molecular flexibility index (Phi) is 4.99. The van der Waals surface area contributed by atoms with Crippen LogP contribution in [0, 0.1) is 6.92 Å². The van der Waals surface area contributed by atoms with E-state index in [0.717, 1.165) is 17.1 Å². The van der Waals surface area contributed by atoms with Gasteiger partial charge in [-0.25, -0.2) is 0 Å². The van der Waals surface area contributed by atoms with Gasteiger partial charge in [-0.15, -0.1) is 0 Å². The minimum Gasteiger partial charge on any atom is -0.496 e. The van der Waals surface area contributed by atoms with E-state index >= 15 is 0 Å². The van der Waals surface area contributed by atoms with E-state index in [9.17, 15) is 5.11 Å². The SMILES string of the molecule is COc1ccc(C)cc1CC(O)CSC. The van der Waals surface area contributed by atoms with Gasteiger partial charge in [0.2, 0.25) is 0 Å². The number of aliphatic hydroxyl groups is 1. The summed E-state index contributed by atoms with van der Waals surface area (Å²) in [6.07, 6.45) is 2.36. The van der Waals surface area contributed by atoms with E-state index in [1.807, 2.05) is 25.3 Å². The van der Waals surface area contributed by atoms with Crippen LogP contribution in [0.1, 0.15) is 11.1 Å². The van der Waals surface area contributed by atoms with Gasteiger partial charge in [0.1, 0.15) is 5.75 Å². The van der Waals surface area contributed by atoms with E-state index in [0.29, 0.717) is 6.42 Å². The maximum atomic E-state index is 9.74. The van der Waals surface area contributed by atoms with E-state index in [4.69, 9.17) is 4.74 Å². The lowest BCUT2D eigenvalue weighted by molar-refractivity contribution is 0.199. The molecule has 1 rings (SSSR count). The molecule has 0 aliphatic carbocycles. The Morgan fingerprint density at radius 3 is 2.80 bits per heavy atom. The van der Waals surface area contributed by atoms with Gasteiger partial charge in [-0.05, 0) is 24.8 Å². The Morgan fingerprint density at radius 1 is 1.47 bits per heavy atom. The third-order valence-corrected chi connectivity index (χ3v) is 2.97. The highest BCUT2D eigenvalue weighted by atomic mass is 32.2. The lowest BCUT2D eigenvalue weighted by Crippen LogP contribution is -2.14. The largest absolute Gasteiger partial charge is 0.496 e. The Bertz CT molecular complexity index is 312. The average molecular weight is 226 g/mol. The van der Waals surface area contributed by atoms with Crippen molar-refractivity contribution in [3.05, 3.63) is 29.3 Å². The number of benzene rings is 1. The standard InChI is InChI=1S/C12H18O2S/c1-9-4-5-12(14-2)10(6-9)7-11(13)8-15-3/h4-6,11,13H,7-8H2,1-3H3. The molecule has 3 heteroatoms. The van der Waals surface area contributed by atoms with Gasteiger partial charge in [0.25, 0.3) is 0 Å². The number of thioether (sulfide) groups is 1. The van der Waals surface area contributed by atoms with Crippen LogP contribution in [0.15, 0.2) is 18.2 Å². The molecule has 0 bridgehead atoms. The molecule has 0 fully saturated rings. The van der Waals surface area contributed by atoms with Crippen LogP contribution in [-0.2, 0) is 6.42 Å². The van der Waals surface area contributed by atoms with Crippen LogP contribution in [-0.4, -0.2) is 30.3 Å². The van der Waals surface area contributed by atoms with Crippen molar-refractivity contribution in [3.63, 3.8) is 0 Å².